The zero-order valence-electron chi connectivity index (χ0n) is 19.0. The average molecular weight is 447 g/mol. The van der Waals surface area contributed by atoms with Gasteiger partial charge in [0, 0.05) is 31.3 Å². The van der Waals surface area contributed by atoms with Crippen LogP contribution in [0.4, 0.5) is 4.39 Å². The van der Waals surface area contributed by atoms with Gasteiger partial charge in [0.05, 0.1) is 14.2 Å². The van der Waals surface area contributed by atoms with Crippen LogP contribution in [-0.4, -0.2) is 50.1 Å². The molecule has 0 spiro atoms. The summed E-state index contributed by atoms with van der Waals surface area (Å²) in [5.74, 6) is 0.498. The average Bonchev–Trinajstić information content (AvgIpc) is 2.81. The van der Waals surface area contributed by atoms with Crippen molar-refractivity contribution in [3.05, 3.63) is 53.8 Å². The van der Waals surface area contributed by atoms with Crippen molar-refractivity contribution in [1.82, 2.24) is 10.2 Å². The summed E-state index contributed by atoms with van der Waals surface area (Å²) in [5.41, 5.74) is 0.713. The Bertz CT molecular complexity index is 866. The van der Waals surface area contributed by atoms with Gasteiger partial charge in [-0.15, -0.1) is 0 Å². The van der Waals surface area contributed by atoms with Crippen LogP contribution >= 0.6 is 0 Å². The molecule has 2 rings (SSSR count). The van der Waals surface area contributed by atoms with Crippen LogP contribution < -0.4 is 19.5 Å². The first-order valence-corrected chi connectivity index (χ1v) is 10.6. The molecule has 0 aliphatic carbocycles. The molecule has 0 unspecified atom stereocenters. The number of nitrogens with zero attached hydrogens (tertiary/aromatic N) is 1. The molecule has 7 nitrogen and oxygen atoms in total. The molecule has 2 aromatic rings. The van der Waals surface area contributed by atoms with E-state index >= 15 is 0 Å². The first-order chi connectivity index (χ1) is 15.4. The fourth-order valence-corrected chi connectivity index (χ4v) is 3.16. The number of amides is 2. The van der Waals surface area contributed by atoms with Gasteiger partial charge in [-0.05, 0) is 30.5 Å². The maximum absolute atomic E-state index is 13.3. The summed E-state index contributed by atoms with van der Waals surface area (Å²) >= 11 is 0. The van der Waals surface area contributed by atoms with E-state index in [1.54, 1.807) is 30.3 Å². The predicted molar refractivity (Wildman–Crippen MR) is 119 cm³/mol. The van der Waals surface area contributed by atoms with E-state index in [0.29, 0.717) is 35.8 Å². The van der Waals surface area contributed by atoms with Crippen LogP contribution in [0.2, 0.25) is 0 Å². The van der Waals surface area contributed by atoms with Gasteiger partial charge in [-0.3, -0.25) is 9.59 Å². The van der Waals surface area contributed by atoms with Gasteiger partial charge in [-0.25, -0.2) is 4.39 Å². The Morgan fingerprint density at radius 3 is 2.12 bits per heavy atom. The first kappa shape index (κ1) is 25.0. The van der Waals surface area contributed by atoms with Gasteiger partial charge in [-0.2, -0.15) is 0 Å². The molecule has 32 heavy (non-hydrogen) atoms. The number of rotatable bonds is 12. The number of hydrogen-bond acceptors (Lipinski definition) is 5. The molecule has 0 radical (unpaired) electrons. The molecule has 1 atom stereocenters. The lowest BCUT2D eigenvalue weighted by molar-refractivity contribution is -0.143. The molecule has 0 saturated heterocycles. The number of carbonyl (C=O) groups excluding carboxylic acids is 2. The molecule has 8 heteroatoms. The quantitative estimate of drug-likeness (QED) is 0.540. The van der Waals surface area contributed by atoms with Crippen molar-refractivity contribution in [1.29, 1.82) is 0 Å². The SMILES string of the molecule is CCCNC(=O)[C@@H](CC)N(Cc1ccc(F)cc1)C(=O)COc1cc(OC)cc(OC)c1. The molecule has 0 aliphatic heterocycles. The van der Waals surface area contributed by atoms with E-state index in [1.807, 2.05) is 13.8 Å². The van der Waals surface area contributed by atoms with Crippen LogP contribution in [-0.2, 0) is 16.1 Å². The van der Waals surface area contributed by atoms with Crippen molar-refractivity contribution < 1.29 is 28.2 Å². The highest BCUT2D eigenvalue weighted by Gasteiger charge is 2.28. The van der Waals surface area contributed by atoms with Crippen LogP contribution in [0.1, 0.15) is 32.3 Å². The summed E-state index contributed by atoms with van der Waals surface area (Å²) in [4.78, 5) is 27.4. The number of halogens is 1. The molecule has 0 saturated carbocycles. The van der Waals surface area contributed by atoms with Gasteiger partial charge >= 0.3 is 0 Å². The predicted octanol–water partition coefficient (Wildman–Crippen LogP) is 3.56. The maximum Gasteiger partial charge on any atom is 0.261 e. The molecular weight excluding hydrogens is 415 g/mol. The molecule has 0 aromatic heterocycles. The van der Waals surface area contributed by atoms with Gasteiger partial charge in [0.15, 0.2) is 6.61 Å². The summed E-state index contributed by atoms with van der Waals surface area (Å²) in [6.45, 7) is 4.19. The summed E-state index contributed by atoms with van der Waals surface area (Å²) in [6.07, 6.45) is 1.21. The Labute approximate surface area is 188 Å². The zero-order chi connectivity index (χ0) is 23.5. The number of nitrogens with one attached hydrogen (secondary N) is 1. The van der Waals surface area contributed by atoms with E-state index in [1.165, 1.54) is 31.3 Å². The number of carbonyl (C=O) groups is 2. The highest BCUT2D eigenvalue weighted by molar-refractivity contribution is 5.88. The van der Waals surface area contributed by atoms with Crippen molar-refractivity contribution >= 4 is 11.8 Å². The molecule has 0 fully saturated rings. The first-order valence-electron chi connectivity index (χ1n) is 10.6. The topological polar surface area (TPSA) is 77.1 Å². The molecule has 0 heterocycles. The summed E-state index contributed by atoms with van der Waals surface area (Å²) in [6, 6.07) is 10.2. The van der Waals surface area contributed by atoms with E-state index in [2.05, 4.69) is 5.32 Å². The second-order valence-electron chi connectivity index (χ2n) is 7.20. The van der Waals surface area contributed by atoms with Gasteiger partial charge < -0.3 is 24.4 Å². The van der Waals surface area contributed by atoms with Crippen LogP contribution in [0.15, 0.2) is 42.5 Å². The van der Waals surface area contributed by atoms with E-state index < -0.39 is 6.04 Å². The minimum absolute atomic E-state index is 0.155. The minimum Gasteiger partial charge on any atom is -0.496 e. The van der Waals surface area contributed by atoms with Crippen molar-refractivity contribution in [3.8, 4) is 17.2 Å². The molecule has 2 aromatic carbocycles. The number of hydrogen-bond donors (Lipinski definition) is 1. The Morgan fingerprint density at radius 2 is 1.59 bits per heavy atom. The molecule has 174 valence electrons. The second-order valence-corrected chi connectivity index (χ2v) is 7.20. The summed E-state index contributed by atoms with van der Waals surface area (Å²) < 4.78 is 29.5. The van der Waals surface area contributed by atoms with Crippen LogP contribution in [0, 0.1) is 5.82 Å². The fraction of sp³-hybridized carbons (Fsp3) is 0.417. The van der Waals surface area contributed by atoms with Gasteiger partial charge in [-0.1, -0.05) is 26.0 Å². The van der Waals surface area contributed by atoms with E-state index in [-0.39, 0.29) is 30.8 Å². The lowest BCUT2D eigenvalue weighted by Crippen LogP contribution is -2.50. The Morgan fingerprint density at radius 1 is 1.00 bits per heavy atom. The van der Waals surface area contributed by atoms with Gasteiger partial charge in [0.25, 0.3) is 5.91 Å². The van der Waals surface area contributed by atoms with Crippen molar-refractivity contribution in [3.63, 3.8) is 0 Å². The second kappa shape index (κ2) is 12.5. The van der Waals surface area contributed by atoms with Crippen LogP contribution in [0.3, 0.4) is 0 Å². The summed E-state index contributed by atoms with van der Waals surface area (Å²) in [7, 11) is 3.05. The van der Waals surface area contributed by atoms with Crippen LogP contribution in [0.5, 0.6) is 17.2 Å². The van der Waals surface area contributed by atoms with Gasteiger partial charge in [0.1, 0.15) is 29.1 Å². The third kappa shape index (κ3) is 7.14. The lowest BCUT2D eigenvalue weighted by Gasteiger charge is -2.30. The van der Waals surface area contributed by atoms with E-state index in [9.17, 15) is 14.0 Å². The molecule has 1 N–H and O–H groups in total. The highest BCUT2D eigenvalue weighted by Crippen LogP contribution is 2.27. The maximum atomic E-state index is 13.3. The summed E-state index contributed by atoms with van der Waals surface area (Å²) in [5, 5.41) is 2.85. The third-order valence-electron chi connectivity index (χ3n) is 4.89. The monoisotopic (exact) mass is 446 g/mol. The van der Waals surface area contributed by atoms with Crippen LogP contribution in [0.25, 0.3) is 0 Å². The lowest BCUT2D eigenvalue weighted by atomic mass is 10.1. The Balaban J connectivity index is 2.22. The zero-order valence-corrected chi connectivity index (χ0v) is 19.0. The molecule has 2 amide bonds. The highest BCUT2D eigenvalue weighted by atomic mass is 19.1. The van der Waals surface area contributed by atoms with Crippen molar-refractivity contribution in [2.24, 2.45) is 0 Å². The molecular formula is C24H31FN2O5. The van der Waals surface area contributed by atoms with Crippen molar-refractivity contribution in [2.75, 3.05) is 27.4 Å². The smallest absolute Gasteiger partial charge is 0.261 e. The molecule has 0 bridgehead atoms. The number of ether oxygens (including phenoxy) is 3. The Hall–Kier alpha value is -3.29. The van der Waals surface area contributed by atoms with E-state index in [4.69, 9.17) is 14.2 Å². The molecule has 0 aliphatic rings. The largest absolute Gasteiger partial charge is 0.496 e. The number of benzene rings is 2. The van der Waals surface area contributed by atoms with E-state index in [0.717, 1.165) is 6.42 Å². The third-order valence-corrected chi connectivity index (χ3v) is 4.89. The van der Waals surface area contributed by atoms with Gasteiger partial charge in [0.2, 0.25) is 5.91 Å². The van der Waals surface area contributed by atoms with Crippen molar-refractivity contribution in [2.45, 2.75) is 39.3 Å². The normalized spacial score (nSPS) is 11.4. The minimum atomic E-state index is -0.678. The Kier molecular flexibility index (Phi) is 9.78. The standard InChI is InChI=1S/C24H31FN2O5/c1-5-11-26-24(29)22(6-2)27(15-17-7-9-18(25)10-8-17)23(28)16-32-21-13-19(30-3)12-20(14-21)31-4/h7-10,12-14,22H,5-6,11,15-16H2,1-4H3,(H,26,29)/t22-/m1/s1. The fourth-order valence-electron chi connectivity index (χ4n) is 3.16. The number of methoxy groups -OCH3 is 2.